The summed E-state index contributed by atoms with van der Waals surface area (Å²) >= 11 is 3.48. The highest BCUT2D eigenvalue weighted by molar-refractivity contribution is 9.10. The van der Waals surface area contributed by atoms with Crippen LogP contribution in [0, 0.1) is 10.1 Å². The maximum Gasteiger partial charge on any atom is 0.363 e. The molecule has 33 heavy (non-hydrogen) atoms. The van der Waals surface area contributed by atoms with Crippen LogP contribution >= 0.6 is 15.9 Å². The molecule has 0 saturated carbocycles. The van der Waals surface area contributed by atoms with E-state index >= 15 is 0 Å². The Labute approximate surface area is 197 Å². The van der Waals surface area contributed by atoms with Gasteiger partial charge in [0.05, 0.1) is 16.5 Å². The number of nitrogens with zero attached hydrogens (tertiary/aromatic N) is 2. The maximum absolute atomic E-state index is 12.3. The van der Waals surface area contributed by atoms with Gasteiger partial charge >= 0.3 is 5.97 Å². The molecule has 1 heterocycles. The Morgan fingerprint density at radius 1 is 1.12 bits per heavy atom. The van der Waals surface area contributed by atoms with E-state index in [1.165, 1.54) is 19.2 Å². The molecule has 9 heteroatoms. The van der Waals surface area contributed by atoms with Crippen molar-refractivity contribution in [3.63, 3.8) is 0 Å². The first-order valence-corrected chi connectivity index (χ1v) is 10.6. The smallest absolute Gasteiger partial charge is 0.363 e. The zero-order chi connectivity index (χ0) is 23.4. The zero-order valence-electron chi connectivity index (χ0n) is 17.4. The van der Waals surface area contributed by atoms with Crippen LogP contribution in [0.4, 0.5) is 5.69 Å². The van der Waals surface area contributed by atoms with Crippen LogP contribution in [0.15, 0.2) is 81.9 Å². The number of nitro groups is 1. The standard InChI is InChI=1S/C24H17BrN2O6/c1-31-21-13-16(12-20-24(28)33-23(26-20)17-5-3-2-4-6-17)11-19(25)22(21)32-14-15-7-9-18(10-8-15)27(29)30/h2-13H,14H2,1H3/b20-12+. The van der Waals surface area contributed by atoms with Gasteiger partial charge in [-0.2, -0.15) is 0 Å². The molecule has 8 nitrogen and oxygen atoms in total. The van der Waals surface area contributed by atoms with Crippen molar-refractivity contribution < 1.29 is 23.9 Å². The molecular weight excluding hydrogens is 492 g/mol. The molecular formula is C24H17BrN2O6. The van der Waals surface area contributed by atoms with E-state index in [1.807, 2.05) is 30.3 Å². The molecule has 0 spiro atoms. The highest BCUT2D eigenvalue weighted by atomic mass is 79.9. The molecule has 3 aromatic carbocycles. The van der Waals surface area contributed by atoms with Gasteiger partial charge in [0, 0.05) is 17.7 Å². The first-order valence-electron chi connectivity index (χ1n) is 9.76. The summed E-state index contributed by atoms with van der Waals surface area (Å²) in [5.41, 5.74) is 2.31. The summed E-state index contributed by atoms with van der Waals surface area (Å²) in [5.74, 6) is 0.612. The lowest BCUT2D eigenvalue weighted by atomic mass is 10.1. The lowest BCUT2D eigenvalue weighted by molar-refractivity contribution is -0.384. The van der Waals surface area contributed by atoms with Crippen LogP contribution < -0.4 is 9.47 Å². The van der Waals surface area contributed by atoms with Crippen molar-refractivity contribution in [3.05, 3.63) is 104 Å². The van der Waals surface area contributed by atoms with Gasteiger partial charge in [0.1, 0.15) is 6.61 Å². The van der Waals surface area contributed by atoms with Crippen LogP contribution in [0.1, 0.15) is 16.7 Å². The number of hydrogen-bond acceptors (Lipinski definition) is 7. The minimum Gasteiger partial charge on any atom is -0.493 e. The monoisotopic (exact) mass is 508 g/mol. The number of non-ortho nitro benzene ring substituents is 1. The molecule has 0 saturated heterocycles. The number of carbonyl (C=O) groups excluding carboxylic acids is 1. The van der Waals surface area contributed by atoms with Crippen LogP contribution in [0.5, 0.6) is 11.5 Å². The second-order valence-electron chi connectivity index (χ2n) is 6.95. The Balaban J connectivity index is 1.55. The third-order valence-corrected chi connectivity index (χ3v) is 5.32. The van der Waals surface area contributed by atoms with Gasteiger partial charge in [0.2, 0.25) is 5.90 Å². The summed E-state index contributed by atoms with van der Waals surface area (Å²) in [7, 11) is 1.51. The Morgan fingerprint density at radius 2 is 1.85 bits per heavy atom. The third kappa shape index (κ3) is 5.09. The minimum atomic E-state index is -0.539. The second kappa shape index (κ2) is 9.66. The van der Waals surface area contributed by atoms with Gasteiger partial charge in [-0.1, -0.05) is 18.2 Å². The molecule has 0 aromatic heterocycles. The zero-order valence-corrected chi connectivity index (χ0v) is 18.9. The van der Waals surface area contributed by atoms with Crippen LogP contribution in [0.2, 0.25) is 0 Å². The van der Waals surface area contributed by atoms with Crippen molar-refractivity contribution in [2.75, 3.05) is 7.11 Å². The number of halogens is 1. The van der Waals surface area contributed by atoms with E-state index in [1.54, 1.807) is 30.3 Å². The van der Waals surface area contributed by atoms with Gasteiger partial charge in [-0.3, -0.25) is 10.1 Å². The molecule has 166 valence electrons. The average Bonchev–Trinajstić information content (AvgIpc) is 3.19. The van der Waals surface area contributed by atoms with Crippen molar-refractivity contribution in [2.45, 2.75) is 6.61 Å². The summed E-state index contributed by atoms with van der Waals surface area (Å²) in [4.78, 5) is 26.9. The molecule has 4 rings (SSSR count). The van der Waals surface area contributed by atoms with Crippen LogP contribution in [0.25, 0.3) is 6.08 Å². The number of methoxy groups -OCH3 is 1. The fourth-order valence-corrected chi connectivity index (χ4v) is 3.68. The maximum atomic E-state index is 12.3. The largest absolute Gasteiger partial charge is 0.493 e. The van der Waals surface area contributed by atoms with Crippen molar-refractivity contribution in [3.8, 4) is 11.5 Å². The van der Waals surface area contributed by atoms with E-state index in [0.29, 0.717) is 27.1 Å². The number of esters is 1. The highest BCUT2D eigenvalue weighted by Gasteiger charge is 2.24. The predicted octanol–water partition coefficient (Wildman–Crippen LogP) is 5.29. The molecule has 0 atom stereocenters. The Bertz CT molecular complexity index is 1270. The molecule has 3 aromatic rings. The fourth-order valence-electron chi connectivity index (χ4n) is 3.10. The average molecular weight is 509 g/mol. The van der Waals surface area contributed by atoms with Crippen molar-refractivity contribution in [2.24, 2.45) is 4.99 Å². The predicted molar refractivity (Wildman–Crippen MR) is 125 cm³/mol. The van der Waals surface area contributed by atoms with Gasteiger partial charge in [-0.05, 0) is 69.5 Å². The van der Waals surface area contributed by atoms with E-state index in [0.717, 1.165) is 5.56 Å². The molecule has 1 aliphatic heterocycles. The van der Waals surface area contributed by atoms with Crippen LogP contribution in [-0.2, 0) is 16.1 Å². The van der Waals surface area contributed by atoms with Crippen molar-refractivity contribution >= 4 is 39.6 Å². The van der Waals surface area contributed by atoms with Gasteiger partial charge < -0.3 is 14.2 Å². The molecule has 0 bridgehead atoms. The third-order valence-electron chi connectivity index (χ3n) is 4.73. The highest BCUT2D eigenvalue weighted by Crippen LogP contribution is 2.38. The normalized spacial score (nSPS) is 14.1. The topological polar surface area (TPSA) is 100 Å². The first-order chi connectivity index (χ1) is 15.9. The fraction of sp³-hybridized carbons (Fsp3) is 0.0833. The summed E-state index contributed by atoms with van der Waals surface area (Å²) in [6.07, 6.45) is 1.60. The van der Waals surface area contributed by atoms with E-state index in [9.17, 15) is 14.9 Å². The number of nitro benzene ring substituents is 1. The molecule has 0 fully saturated rings. The van der Waals surface area contributed by atoms with Crippen molar-refractivity contribution in [1.82, 2.24) is 0 Å². The quantitative estimate of drug-likeness (QED) is 0.186. The number of benzene rings is 3. The number of cyclic esters (lactones) is 1. The number of ether oxygens (including phenoxy) is 3. The van der Waals surface area contributed by atoms with Crippen LogP contribution in [0.3, 0.4) is 0 Å². The number of carbonyl (C=O) groups is 1. The second-order valence-corrected chi connectivity index (χ2v) is 7.80. The summed E-state index contributed by atoms with van der Waals surface area (Å²) in [5, 5.41) is 10.8. The van der Waals surface area contributed by atoms with Gasteiger partial charge in [-0.15, -0.1) is 0 Å². The van der Waals surface area contributed by atoms with Gasteiger partial charge in [-0.25, -0.2) is 9.79 Å². The molecule has 0 radical (unpaired) electrons. The molecule has 0 N–H and O–H groups in total. The Hall–Kier alpha value is -3.98. The minimum absolute atomic E-state index is 0.0124. The Morgan fingerprint density at radius 3 is 2.52 bits per heavy atom. The Kier molecular flexibility index (Phi) is 6.50. The van der Waals surface area contributed by atoms with E-state index < -0.39 is 10.9 Å². The SMILES string of the molecule is COc1cc(/C=C2/N=C(c3ccccc3)OC2=O)cc(Br)c1OCc1ccc([N+](=O)[O-])cc1. The number of hydrogen-bond donors (Lipinski definition) is 0. The molecule has 1 aliphatic rings. The van der Waals surface area contributed by atoms with E-state index in [-0.39, 0.29) is 23.9 Å². The lowest BCUT2D eigenvalue weighted by Gasteiger charge is -2.13. The molecule has 0 aliphatic carbocycles. The van der Waals surface area contributed by atoms with E-state index in [2.05, 4.69) is 20.9 Å². The van der Waals surface area contributed by atoms with E-state index in [4.69, 9.17) is 14.2 Å². The molecule has 0 amide bonds. The van der Waals surface area contributed by atoms with Crippen molar-refractivity contribution in [1.29, 1.82) is 0 Å². The van der Waals surface area contributed by atoms with Gasteiger partial charge in [0.25, 0.3) is 5.69 Å². The summed E-state index contributed by atoms with van der Waals surface area (Å²) < 4.78 is 17.2. The summed E-state index contributed by atoms with van der Waals surface area (Å²) in [6, 6.07) is 18.8. The molecule has 0 unspecified atom stereocenters. The first kappa shape index (κ1) is 22.2. The number of rotatable bonds is 7. The van der Waals surface area contributed by atoms with Gasteiger partial charge in [0.15, 0.2) is 17.2 Å². The summed E-state index contributed by atoms with van der Waals surface area (Å²) in [6.45, 7) is 0.185. The lowest BCUT2D eigenvalue weighted by Crippen LogP contribution is -2.05. The number of aliphatic imine (C=N–C) groups is 1. The van der Waals surface area contributed by atoms with Crippen LogP contribution in [-0.4, -0.2) is 23.9 Å².